The van der Waals surface area contributed by atoms with Gasteiger partial charge in [-0.25, -0.2) is 9.78 Å². The van der Waals surface area contributed by atoms with E-state index in [0.717, 1.165) is 10.4 Å². The smallest absolute Gasteiger partial charge is 0.355 e. The van der Waals surface area contributed by atoms with Gasteiger partial charge in [-0.3, -0.25) is 9.59 Å². The molecule has 0 amide bonds. The van der Waals surface area contributed by atoms with Crippen LogP contribution in [0, 0.1) is 13.8 Å². The Labute approximate surface area is 140 Å². The van der Waals surface area contributed by atoms with Gasteiger partial charge in [-0.15, -0.1) is 11.3 Å². The van der Waals surface area contributed by atoms with Gasteiger partial charge in [-0.05, 0) is 32.4 Å². The first kappa shape index (κ1) is 16.1. The second kappa shape index (κ2) is 6.04. The van der Waals surface area contributed by atoms with Crippen LogP contribution in [0.5, 0.6) is 0 Å². The highest BCUT2D eigenvalue weighted by Crippen LogP contribution is 2.25. The van der Waals surface area contributed by atoms with E-state index in [9.17, 15) is 14.4 Å². The Morgan fingerprint density at radius 1 is 1.33 bits per heavy atom. The molecule has 0 atom stereocenters. The van der Waals surface area contributed by atoms with Crippen molar-refractivity contribution >= 4 is 33.3 Å². The fourth-order valence-corrected chi connectivity index (χ4v) is 3.34. The monoisotopic (exact) mass is 345 g/mol. The number of thiophene rings is 1. The molecule has 0 radical (unpaired) electrons. The molecule has 0 aliphatic carbocycles. The third-order valence-electron chi connectivity index (χ3n) is 3.74. The number of aromatic nitrogens is 3. The summed E-state index contributed by atoms with van der Waals surface area (Å²) in [5, 5.41) is 0.572. The molecule has 7 nitrogen and oxygen atoms in total. The molecule has 8 heteroatoms. The van der Waals surface area contributed by atoms with E-state index in [0.29, 0.717) is 15.8 Å². The lowest BCUT2D eigenvalue weighted by atomic mass is 10.2. The van der Waals surface area contributed by atoms with Gasteiger partial charge in [0.25, 0.3) is 5.56 Å². The zero-order valence-corrected chi connectivity index (χ0v) is 14.2. The molecule has 0 spiro atoms. The molecule has 0 fully saturated rings. The van der Waals surface area contributed by atoms with Crippen molar-refractivity contribution in [1.82, 2.24) is 15.0 Å². The minimum atomic E-state index is -0.621. The number of rotatable bonds is 4. The number of fused-ring (bicyclic) bond motifs is 1. The van der Waals surface area contributed by atoms with Crippen LogP contribution < -0.4 is 5.56 Å². The predicted molar refractivity (Wildman–Crippen MR) is 89.6 cm³/mol. The van der Waals surface area contributed by atoms with Crippen LogP contribution in [0.4, 0.5) is 0 Å². The molecule has 0 aromatic carbocycles. The van der Waals surface area contributed by atoms with E-state index in [-0.39, 0.29) is 29.5 Å². The molecule has 0 bridgehead atoms. The molecular weight excluding hydrogens is 330 g/mol. The van der Waals surface area contributed by atoms with Crippen LogP contribution in [0.15, 0.2) is 17.1 Å². The van der Waals surface area contributed by atoms with Crippen molar-refractivity contribution in [2.75, 3.05) is 0 Å². The van der Waals surface area contributed by atoms with E-state index in [2.05, 4.69) is 15.0 Å². The maximum Gasteiger partial charge on any atom is 0.355 e. The first-order valence-electron chi connectivity index (χ1n) is 7.22. The van der Waals surface area contributed by atoms with Crippen LogP contribution in [0.1, 0.15) is 44.0 Å². The van der Waals surface area contributed by atoms with Crippen molar-refractivity contribution in [2.24, 2.45) is 0 Å². The number of hydrogen-bond acceptors (Lipinski definition) is 6. The predicted octanol–water partition coefficient (Wildman–Crippen LogP) is 2.49. The maximum absolute atomic E-state index is 12.2. The molecule has 124 valence electrons. The fraction of sp³-hybridized carbons (Fsp3) is 0.250. The van der Waals surface area contributed by atoms with E-state index in [4.69, 9.17) is 4.74 Å². The normalized spacial score (nSPS) is 11.0. The van der Waals surface area contributed by atoms with Crippen molar-refractivity contribution in [3.05, 3.63) is 50.1 Å². The van der Waals surface area contributed by atoms with Crippen molar-refractivity contribution < 1.29 is 14.3 Å². The van der Waals surface area contributed by atoms with Crippen molar-refractivity contribution in [3.8, 4) is 0 Å². The molecule has 3 aromatic rings. The average Bonchev–Trinajstić information content (AvgIpc) is 3.11. The van der Waals surface area contributed by atoms with Crippen molar-refractivity contribution in [2.45, 2.75) is 27.4 Å². The van der Waals surface area contributed by atoms with Crippen molar-refractivity contribution in [3.63, 3.8) is 0 Å². The summed E-state index contributed by atoms with van der Waals surface area (Å²) < 4.78 is 5.14. The topological polar surface area (TPSA) is 105 Å². The molecule has 3 heterocycles. The second-order valence-corrected chi connectivity index (χ2v) is 6.61. The quantitative estimate of drug-likeness (QED) is 0.558. The summed E-state index contributed by atoms with van der Waals surface area (Å²) in [6.07, 6.45) is 1.45. The van der Waals surface area contributed by atoms with Crippen LogP contribution in [0.2, 0.25) is 0 Å². The summed E-state index contributed by atoms with van der Waals surface area (Å²) in [5.41, 5.74) is 1.24. The molecule has 3 aromatic heterocycles. The Hall–Kier alpha value is -2.74. The highest BCUT2D eigenvalue weighted by molar-refractivity contribution is 7.18. The third kappa shape index (κ3) is 2.88. The highest BCUT2D eigenvalue weighted by atomic mass is 32.1. The van der Waals surface area contributed by atoms with Gasteiger partial charge in [0, 0.05) is 16.6 Å². The van der Waals surface area contributed by atoms with Gasteiger partial charge in [-0.2, -0.15) is 0 Å². The molecule has 0 aliphatic rings. The molecule has 2 N–H and O–H groups in total. The number of esters is 1. The Bertz CT molecular complexity index is 1010. The molecular formula is C16H15N3O4S. The summed E-state index contributed by atoms with van der Waals surface area (Å²) in [6.45, 7) is 5.06. The lowest BCUT2D eigenvalue weighted by molar-refractivity contribution is 0.0456. The zero-order valence-electron chi connectivity index (χ0n) is 13.4. The van der Waals surface area contributed by atoms with Gasteiger partial charge in [0.15, 0.2) is 5.78 Å². The average molecular weight is 345 g/mol. The molecule has 0 saturated heterocycles. The van der Waals surface area contributed by atoms with E-state index in [1.54, 1.807) is 0 Å². The molecule has 24 heavy (non-hydrogen) atoms. The summed E-state index contributed by atoms with van der Waals surface area (Å²) in [4.78, 5) is 46.7. The second-order valence-electron chi connectivity index (χ2n) is 5.41. The molecule has 0 unspecified atom stereocenters. The first-order valence-corrected chi connectivity index (χ1v) is 8.04. The lowest BCUT2D eigenvalue weighted by Gasteiger charge is -2.03. The molecule has 0 saturated carbocycles. The SMILES string of the molecule is CC(=O)c1c[nH]c(C(=O)OCc2nc3sc(C)c(C)c3c(=O)[nH]2)c1. The number of aryl methyl sites for hydroxylation is 2. The van der Waals surface area contributed by atoms with Gasteiger partial charge in [-0.1, -0.05) is 0 Å². The fourth-order valence-electron chi connectivity index (χ4n) is 2.29. The number of Topliss-reactive ketones (excluding diaryl/α,β-unsaturated/α-hetero) is 1. The number of nitrogens with one attached hydrogen (secondary N) is 2. The Kier molecular flexibility index (Phi) is 4.06. The van der Waals surface area contributed by atoms with Crippen LogP contribution >= 0.6 is 11.3 Å². The number of hydrogen-bond donors (Lipinski definition) is 2. The number of ketones is 1. The third-order valence-corrected chi connectivity index (χ3v) is 4.84. The van der Waals surface area contributed by atoms with Gasteiger partial charge < -0.3 is 14.7 Å². The van der Waals surface area contributed by atoms with E-state index in [1.807, 2.05) is 13.8 Å². The van der Waals surface area contributed by atoms with E-state index in [1.165, 1.54) is 30.5 Å². The van der Waals surface area contributed by atoms with Crippen LogP contribution in [-0.2, 0) is 11.3 Å². The van der Waals surface area contributed by atoms with Crippen molar-refractivity contribution in [1.29, 1.82) is 0 Å². The maximum atomic E-state index is 12.2. The Morgan fingerprint density at radius 2 is 2.08 bits per heavy atom. The van der Waals surface area contributed by atoms with E-state index >= 15 is 0 Å². The first-order chi connectivity index (χ1) is 11.4. The standard InChI is InChI=1S/C16H15N3O4S/c1-7-9(3)24-15-13(7)14(21)18-12(19-15)6-23-16(22)11-4-10(5-17-11)8(2)20/h4-5,17H,6H2,1-3H3,(H,18,19,21). The van der Waals surface area contributed by atoms with Gasteiger partial charge in [0.2, 0.25) is 0 Å². The molecule has 0 aliphatic heterocycles. The summed E-state index contributed by atoms with van der Waals surface area (Å²) in [7, 11) is 0. The summed E-state index contributed by atoms with van der Waals surface area (Å²) in [5.74, 6) is -0.491. The summed E-state index contributed by atoms with van der Waals surface area (Å²) in [6, 6.07) is 1.43. The number of carbonyl (C=O) groups excluding carboxylic acids is 2. The Balaban J connectivity index is 1.79. The minimum absolute atomic E-state index is 0.148. The largest absolute Gasteiger partial charge is 0.453 e. The van der Waals surface area contributed by atoms with Crippen LogP contribution in [-0.4, -0.2) is 26.7 Å². The number of H-pyrrole nitrogens is 2. The van der Waals surface area contributed by atoms with Gasteiger partial charge >= 0.3 is 5.97 Å². The lowest BCUT2D eigenvalue weighted by Crippen LogP contribution is -2.14. The molecule has 3 rings (SSSR count). The number of aromatic amines is 2. The van der Waals surface area contributed by atoms with Gasteiger partial charge in [0.1, 0.15) is 23.0 Å². The zero-order chi connectivity index (χ0) is 17.4. The van der Waals surface area contributed by atoms with Gasteiger partial charge in [0.05, 0.1) is 5.39 Å². The van der Waals surface area contributed by atoms with Crippen LogP contribution in [0.25, 0.3) is 10.2 Å². The highest BCUT2D eigenvalue weighted by Gasteiger charge is 2.15. The number of ether oxygens (including phenoxy) is 1. The van der Waals surface area contributed by atoms with Crippen LogP contribution in [0.3, 0.4) is 0 Å². The Morgan fingerprint density at radius 3 is 2.75 bits per heavy atom. The number of carbonyl (C=O) groups is 2. The minimum Gasteiger partial charge on any atom is -0.453 e. The summed E-state index contributed by atoms with van der Waals surface area (Å²) >= 11 is 1.43. The number of nitrogens with zero attached hydrogens (tertiary/aromatic N) is 1. The van der Waals surface area contributed by atoms with E-state index < -0.39 is 5.97 Å².